The van der Waals surface area contributed by atoms with Gasteiger partial charge < -0.3 is 19.3 Å². The maximum atomic E-state index is 10.2. The van der Waals surface area contributed by atoms with Gasteiger partial charge in [0.05, 0.1) is 19.8 Å². The lowest BCUT2D eigenvalue weighted by Gasteiger charge is -2.10. The molecule has 0 bridgehead atoms. The van der Waals surface area contributed by atoms with Gasteiger partial charge in [0.25, 0.3) is 0 Å². The van der Waals surface area contributed by atoms with Gasteiger partial charge in [-0.3, -0.25) is 0 Å². The van der Waals surface area contributed by atoms with Gasteiger partial charge in [-0.25, -0.2) is 0 Å². The van der Waals surface area contributed by atoms with Crippen molar-refractivity contribution in [3.05, 3.63) is 71.3 Å². The molecular formula is C21H26O4. The van der Waals surface area contributed by atoms with Crippen LogP contribution in [0.5, 0.6) is 5.75 Å². The standard InChI is InChI=1S/C21H26O4/c1-23-16-25-15-18-9-7-17(8-10-18)5-3-4-6-21(22)19-11-13-20(24-2)14-12-19/h3,5,7-14,21-22H,4,6,15-16H2,1-2H3/b5-3+. The van der Waals surface area contributed by atoms with E-state index in [1.165, 1.54) is 0 Å². The number of benzene rings is 2. The predicted molar refractivity (Wildman–Crippen MR) is 99.3 cm³/mol. The minimum atomic E-state index is -0.462. The van der Waals surface area contributed by atoms with E-state index < -0.39 is 6.10 Å². The molecule has 0 spiro atoms. The van der Waals surface area contributed by atoms with Crippen LogP contribution in [0.1, 0.15) is 35.6 Å². The molecule has 1 N–H and O–H groups in total. The molecule has 0 radical (unpaired) electrons. The summed E-state index contributed by atoms with van der Waals surface area (Å²) >= 11 is 0. The Morgan fingerprint density at radius 2 is 1.72 bits per heavy atom. The van der Waals surface area contributed by atoms with Gasteiger partial charge in [-0.05, 0) is 41.7 Å². The summed E-state index contributed by atoms with van der Waals surface area (Å²) in [5, 5.41) is 10.2. The molecule has 0 saturated heterocycles. The number of rotatable bonds is 10. The average Bonchev–Trinajstić information content (AvgIpc) is 2.66. The molecule has 0 aliphatic heterocycles. The number of aliphatic hydroxyl groups excluding tert-OH is 1. The molecule has 2 aromatic carbocycles. The number of methoxy groups -OCH3 is 2. The van der Waals surface area contributed by atoms with E-state index >= 15 is 0 Å². The summed E-state index contributed by atoms with van der Waals surface area (Å²) in [5.41, 5.74) is 3.16. The highest BCUT2D eigenvalue weighted by Gasteiger charge is 2.06. The largest absolute Gasteiger partial charge is 0.497 e. The van der Waals surface area contributed by atoms with Crippen LogP contribution in [0.2, 0.25) is 0 Å². The second-order valence-corrected chi connectivity index (χ2v) is 5.77. The Labute approximate surface area is 149 Å². The minimum absolute atomic E-state index is 0.304. The molecule has 0 aromatic heterocycles. The van der Waals surface area contributed by atoms with Crippen molar-refractivity contribution in [2.24, 2.45) is 0 Å². The Morgan fingerprint density at radius 1 is 1.00 bits per heavy atom. The van der Waals surface area contributed by atoms with E-state index in [0.717, 1.165) is 28.9 Å². The molecule has 0 heterocycles. The molecule has 2 rings (SSSR count). The molecule has 134 valence electrons. The first-order valence-electron chi connectivity index (χ1n) is 8.37. The SMILES string of the molecule is COCOCc1ccc(/C=C/CCC(O)c2ccc(OC)cc2)cc1. The summed E-state index contributed by atoms with van der Waals surface area (Å²) in [6, 6.07) is 15.7. The van der Waals surface area contributed by atoms with Crippen molar-refractivity contribution in [1.82, 2.24) is 0 Å². The molecule has 0 aliphatic carbocycles. The van der Waals surface area contributed by atoms with E-state index in [2.05, 4.69) is 24.3 Å². The van der Waals surface area contributed by atoms with Crippen molar-refractivity contribution in [1.29, 1.82) is 0 Å². The number of allylic oxidation sites excluding steroid dienone is 1. The summed E-state index contributed by atoms with van der Waals surface area (Å²) in [4.78, 5) is 0. The van der Waals surface area contributed by atoms with Crippen LogP contribution in [-0.2, 0) is 16.1 Å². The number of aliphatic hydroxyl groups is 1. The Bertz CT molecular complexity index is 632. The van der Waals surface area contributed by atoms with Crippen LogP contribution in [-0.4, -0.2) is 26.1 Å². The highest BCUT2D eigenvalue weighted by Crippen LogP contribution is 2.21. The van der Waals surface area contributed by atoms with Crippen LogP contribution in [0.25, 0.3) is 6.08 Å². The zero-order valence-corrected chi connectivity index (χ0v) is 14.9. The van der Waals surface area contributed by atoms with Gasteiger partial charge in [0.2, 0.25) is 0 Å². The van der Waals surface area contributed by atoms with E-state index in [4.69, 9.17) is 14.2 Å². The molecule has 2 aromatic rings. The second-order valence-electron chi connectivity index (χ2n) is 5.77. The summed E-state index contributed by atoms with van der Waals surface area (Å²) in [6.45, 7) is 0.851. The topological polar surface area (TPSA) is 47.9 Å². The maximum Gasteiger partial charge on any atom is 0.146 e. The third kappa shape index (κ3) is 6.70. The molecule has 4 heteroatoms. The van der Waals surface area contributed by atoms with Gasteiger partial charge in [-0.1, -0.05) is 48.6 Å². The molecule has 1 atom stereocenters. The third-order valence-electron chi connectivity index (χ3n) is 3.87. The maximum absolute atomic E-state index is 10.2. The monoisotopic (exact) mass is 342 g/mol. The Balaban J connectivity index is 1.76. The van der Waals surface area contributed by atoms with Crippen molar-refractivity contribution >= 4 is 6.08 Å². The quantitative estimate of drug-likeness (QED) is 0.515. The molecular weight excluding hydrogens is 316 g/mol. The Morgan fingerprint density at radius 3 is 2.36 bits per heavy atom. The summed E-state index contributed by atoms with van der Waals surface area (Å²) in [5.74, 6) is 0.798. The average molecular weight is 342 g/mol. The Kier molecular flexibility index (Phi) is 8.19. The number of hydrogen-bond acceptors (Lipinski definition) is 4. The molecule has 0 fully saturated rings. The normalized spacial score (nSPS) is 12.4. The van der Waals surface area contributed by atoms with E-state index in [-0.39, 0.29) is 0 Å². The van der Waals surface area contributed by atoms with Gasteiger partial charge in [0.15, 0.2) is 0 Å². The first-order chi connectivity index (χ1) is 12.2. The number of ether oxygens (including phenoxy) is 3. The Hall–Kier alpha value is -2.14. The zero-order chi connectivity index (χ0) is 17.9. The lowest BCUT2D eigenvalue weighted by Crippen LogP contribution is -1.97. The molecule has 0 aliphatic rings. The van der Waals surface area contributed by atoms with Crippen molar-refractivity contribution < 1.29 is 19.3 Å². The first kappa shape index (κ1) is 19.2. The lowest BCUT2D eigenvalue weighted by molar-refractivity contribution is -0.0390. The van der Waals surface area contributed by atoms with Gasteiger partial charge in [-0.2, -0.15) is 0 Å². The minimum Gasteiger partial charge on any atom is -0.497 e. The highest BCUT2D eigenvalue weighted by molar-refractivity contribution is 5.49. The number of hydrogen-bond donors (Lipinski definition) is 1. The van der Waals surface area contributed by atoms with Crippen molar-refractivity contribution in [2.45, 2.75) is 25.6 Å². The fraction of sp³-hybridized carbons (Fsp3) is 0.333. The van der Waals surface area contributed by atoms with Gasteiger partial charge in [0.1, 0.15) is 12.5 Å². The first-order valence-corrected chi connectivity index (χ1v) is 8.37. The fourth-order valence-corrected chi connectivity index (χ4v) is 2.43. The van der Waals surface area contributed by atoms with E-state index in [9.17, 15) is 5.11 Å². The zero-order valence-electron chi connectivity index (χ0n) is 14.9. The second kappa shape index (κ2) is 10.7. The molecule has 1 unspecified atom stereocenters. The summed E-state index contributed by atoms with van der Waals surface area (Å²) in [7, 11) is 3.24. The van der Waals surface area contributed by atoms with Gasteiger partial charge >= 0.3 is 0 Å². The third-order valence-corrected chi connectivity index (χ3v) is 3.87. The van der Waals surface area contributed by atoms with Crippen LogP contribution < -0.4 is 4.74 Å². The molecule has 4 nitrogen and oxygen atoms in total. The highest BCUT2D eigenvalue weighted by atomic mass is 16.7. The smallest absolute Gasteiger partial charge is 0.146 e. The predicted octanol–water partition coefficient (Wildman–Crippen LogP) is 4.34. The summed E-state index contributed by atoms with van der Waals surface area (Å²) < 4.78 is 15.3. The van der Waals surface area contributed by atoms with Crippen molar-refractivity contribution in [3.63, 3.8) is 0 Å². The summed E-state index contributed by atoms with van der Waals surface area (Å²) in [6.07, 6.45) is 5.19. The van der Waals surface area contributed by atoms with E-state index in [1.54, 1.807) is 14.2 Å². The van der Waals surface area contributed by atoms with Crippen LogP contribution in [0.4, 0.5) is 0 Å². The van der Waals surface area contributed by atoms with Crippen LogP contribution >= 0.6 is 0 Å². The van der Waals surface area contributed by atoms with E-state index in [1.807, 2.05) is 36.4 Å². The van der Waals surface area contributed by atoms with Crippen LogP contribution in [0, 0.1) is 0 Å². The van der Waals surface area contributed by atoms with Crippen LogP contribution in [0.3, 0.4) is 0 Å². The molecule has 25 heavy (non-hydrogen) atoms. The fourth-order valence-electron chi connectivity index (χ4n) is 2.43. The van der Waals surface area contributed by atoms with Crippen molar-refractivity contribution in [3.8, 4) is 5.75 Å². The van der Waals surface area contributed by atoms with E-state index in [0.29, 0.717) is 19.8 Å². The van der Waals surface area contributed by atoms with Crippen molar-refractivity contribution in [2.75, 3.05) is 21.0 Å². The van der Waals surface area contributed by atoms with Gasteiger partial charge in [0, 0.05) is 7.11 Å². The molecule has 0 amide bonds. The molecule has 0 saturated carbocycles. The lowest BCUT2D eigenvalue weighted by atomic mass is 10.0. The van der Waals surface area contributed by atoms with Gasteiger partial charge in [-0.15, -0.1) is 0 Å². The van der Waals surface area contributed by atoms with Crippen LogP contribution in [0.15, 0.2) is 54.6 Å².